The second-order valence-corrected chi connectivity index (χ2v) is 9.00. The van der Waals surface area contributed by atoms with Crippen LogP contribution in [0.5, 0.6) is 0 Å². The number of hydrogen-bond donors (Lipinski definition) is 2. The van der Waals surface area contributed by atoms with Crippen molar-refractivity contribution in [3.05, 3.63) is 71.3 Å². The van der Waals surface area contributed by atoms with Crippen molar-refractivity contribution >= 4 is 32.4 Å². The molecule has 7 nitrogen and oxygen atoms in total. The third-order valence-electron chi connectivity index (χ3n) is 4.15. The van der Waals surface area contributed by atoms with E-state index in [1.807, 2.05) is 56.3 Å². The number of nitrogens with one attached hydrogen (secondary N) is 2. The lowest BCUT2D eigenvalue weighted by Gasteiger charge is -2.16. The van der Waals surface area contributed by atoms with Gasteiger partial charge in [0.2, 0.25) is 9.47 Å². The van der Waals surface area contributed by atoms with E-state index >= 15 is 0 Å². The number of carbonyl (C=O) groups excluding carboxylic acids is 1. The highest BCUT2D eigenvalue weighted by molar-refractivity contribution is 7.91. The van der Waals surface area contributed by atoms with Gasteiger partial charge < -0.3 is 0 Å². The van der Waals surface area contributed by atoms with Gasteiger partial charge >= 0.3 is 0 Å². The maximum Gasteiger partial charge on any atom is 0.270 e. The third-order valence-corrected chi connectivity index (χ3v) is 6.83. The average molecular weight is 417 g/mol. The molecular formula is C19H20N4O3S2. The Morgan fingerprint density at radius 3 is 2.43 bits per heavy atom. The molecule has 28 heavy (non-hydrogen) atoms. The number of aryl methyl sites for hydroxylation is 1. The van der Waals surface area contributed by atoms with Gasteiger partial charge in [-0.15, -0.1) is 10.2 Å². The molecule has 0 aliphatic carbocycles. The fraction of sp³-hybridized carbons (Fsp3) is 0.211. The Labute approximate surface area is 167 Å². The maximum atomic E-state index is 12.7. The van der Waals surface area contributed by atoms with E-state index in [4.69, 9.17) is 0 Å². The summed E-state index contributed by atoms with van der Waals surface area (Å²) in [7, 11) is -3.86. The van der Waals surface area contributed by atoms with Crippen LogP contribution in [0.2, 0.25) is 0 Å². The van der Waals surface area contributed by atoms with E-state index in [0.717, 1.165) is 22.5 Å². The molecule has 0 aliphatic rings. The largest absolute Gasteiger partial charge is 0.296 e. The first-order chi connectivity index (χ1) is 13.4. The van der Waals surface area contributed by atoms with Crippen molar-refractivity contribution in [3.63, 3.8) is 0 Å². The Balaban J connectivity index is 1.75. The Hall–Kier alpha value is -2.62. The van der Waals surface area contributed by atoms with Gasteiger partial charge in [-0.1, -0.05) is 66.8 Å². The predicted octanol–water partition coefficient (Wildman–Crippen LogP) is 3.53. The van der Waals surface area contributed by atoms with Gasteiger partial charge in [0.15, 0.2) is 0 Å². The number of anilines is 1. The first kappa shape index (κ1) is 20.1. The molecule has 1 atom stereocenters. The minimum atomic E-state index is -3.86. The number of aromatic nitrogens is 2. The van der Waals surface area contributed by atoms with Crippen LogP contribution in [0.15, 0.2) is 58.9 Å². The van der Waals surface area contributed by atoms with Crippen molar-refractivity contribution in [2.75, 3.05) is 5.32 Å². The summed E-state index contributed by atoms with van der Waals surface area (Å²) in [6, 6.07) is 16.1. The normalized spacial score (nSPS) is 12.5. The van der Waals surface area contributed by atoms with Crippen LogP contribution in [0, 0.1) is 6.92 Å². The van der Waals surface area contributed by atoms with Crippen LogP contribution >= 0.6 is 11.3 Å². The summed E-state index contributed by atoms with van der Waals surface area (Å²) in [6.07, 6.45) is 0.582. The van der Waals surface area contributed by atoms with Crippen molar-refractivity contribution in [2.45, 2.75) is 30.6 Å². The van der Waals surface area contributed by atoms with Crippen molar-refractivity contribution in [1.82, 2.24) is 14.9 Å². The molecule has 0 aliphatic heterocycles. The molecule has 1 amide bonds. The van der Waals surface area contributed by atoms with Gasteiger partial charge in [0, 0.05) is 11.6 Å². The molecule has 9 heteroatoms. The van der Waals surface area contributed by atoms with E-state index in [-0.39, 0.29) is 21.4 Å². The van der Waals surface area contributed by atoms with Crippen molar-refractivity contribution < 1.29 is 13.2 Å². The van der Waals surface area contributed by atoms with Crippen LogP contribution in [0.4, 0.5) is 5.13 Å². The smallest absolute Gasteiger partial charge is 0.270 e. The van der Waals surface area contributed by atoms with E-state index in [1.165, 1.54) is 0 Å². The van der Waals surface area contributed by atoms with Crippen LogP contribution in [0.1, 0.15) is 40.9 Å². The molecule has 0 bridgehead atoms. The van der Waals surface area contributed by atoms with Crippen molar-refractivity contribution in [1.29, 1.82) is 0 Å². The minimum absolute atomic E-state index is 0.126. The van der Waals surface area contributed by atoms with Gasteiger partial charge in [0.25, 0.3) is 15.9 Å². The average Bonchev–Trinajstić information content (AvgIpc) is 3.16. The number of hydrogen-bond acceptors (Lipinski definition) is 6. The zero-order chi connectivity index (χ0) is 20.1. The van der Waals surface area contributed by atoms with Gasteiger partial charge in [0.05, 0.1) is 0 Å². The number of sulfonamides is 1. The van der Waals surface area contributed by atoms with Gasteiger partial charge in [-0.05, 0) is 30.5 Å². The molecule has 0 fully saturated rings. The zero-order valence-electron chi connectivity index (χ0n) is 15.4. The van der Waals surface area contributed by atoms with Crippen LogP contribution < -0.4 is 10.0 Å². The lowest BCUT2D eigenvalue weighted by atomic mass is 10.1. The van der Waals surface area contributed by atoms with E-state index in [2.05, 4.69) is 20.2 Å². The first-order valence-electron chi connectivity index (χ1n) is 8.68. The Morgan fingerprint density at radius 1 is 1.07 bits per heavy atom. The molecule has 3 aromatic rings. The molecule has 0 radical (unpaired) electrons. The van der Waals surface area contributed by atoms with Gasteiger partial charge in [-0.3, -0.25) is 10.1 Å². The Kier molecular flexibility index (Phi) is 6.18. The quantitative estimate of drug-likeness (QED) is 0.574. The fourth-order valence-electron chi connectivity index (χ4n) is 2.67. The van der Waals surface area contributed by atoms with E-state index < -0.39 is 10.0 Å². The summed E-state index contributed by atoms with van der Waals surface area (Å²) >= 11 is 0.812. The molecule has 0 saturated heterocycles. The molecule has 146 valence electrons. The molecule has 1 unspecified atom stereocenters. The maximum absolute atomic E-state index is 12.7. The van der Waals surface area contributed by atoms with E-state index in [0.29, 0.717) is 12.0 Å². The molecule has 0 spiro atoms. The standard InChI is InChI=1S/C19H20N4O3S2/c1-3-16(14-10-5-4-6-11-14)23-28(25,26)19-22-21-18(27-19)20-17(24)15-12-8-7-9-13(15)2/h4-12,16,23H,3H2,1-2H3,(H,20,21,24). The van der Waals surface area contributed by atoms with E-state index in [1.54, 1.807) is 12.1 Å². The Morgan fingerprint density at radius 2 is 1.75 bits per heavy atom. The van der Waals surface area contributed by atoms with Gasteiger partial charge in [0.1, 0.15) is 0 Å². The lowest BCUT2D eigenvalue weighted by Crippen LogP contribution is -2.28. The minimum Gasteiger partial charge on any atom is -0.296 e. The van der Waals surface area contributed by atoms with Crippen molar-refractivity contribution in [2.24, 2.45) is 0 Å². The highest BCUT2D eigenvalue weighted by atomic mass is 32.2. The SMILES string of the molecule is CCC(NS(=O)(=O)c1nnc(NC(=O)c2ccccc2C)s1)c1ccccc1. The second kappa shape index (κ2) is 8.59. The summed E-state index contributed by atoms with van der Waals surface area (Å²) < 4.78 is 27.8. The molecule has 2 N–H and O–H groups in total. The molecule has 3 rings (SSSR count). The summed E-state index contributed by atoms with van der Waals surface area (Å²) in [5.74, 6) is -0.359. The van der Waals surface area contributed by atoms with Crippen LogP contribution in [0.25, 0.3) is 0 Å². The highest BCUT2D eigenvalue weighted by Gasteiger charge is 2.25. The predicted molar refractivity (Wildman–Crippen MR) is 109 cm³/mol. The Bertz CT molecular complexity index is 1070. The lowest BCUT2D eigenvalue weighted by molar-refractivity contribution is 0.102. The first-order valence-corrected chi connectivity index (χ1v) is 11.0. The summed E-state index contributed by atoms with van der Waals surface area (Å²) in [5.41, 5.74) is 2.18. The number of carbonyl (C=O) groups is 1. The van der Waals surface area contributed by atoms with Crippen LogP contribution in [-0.2, 0) is 10.0 Å². The summed E-state index contributed by atoms with van der Waals surface area (Å²) in [4.78, 5) is 12.4. The molecular weight excluding hydrogens is 396 g/mol. The number of benzene rings is 2. The fourth-order valence-corrected chi connectivity index (χ4v) is 4.89. The molecule has 2 aromatic carbocycles. The van der Waals surface area contributed by atoms with E-state index in [9.17, 15) is 13.2 Å². The topological polar surface area (TPSA) is 101 Å². The number of nitrogens with zero attached hydrogens (tertiary/aromatic N) is 2. The van der Waals surface area contributed by atoms with Crippen LogP contribution in [0.3, 0.4) is 0 Å². The number of amides is 1. The van der Waals surface area contributed by atoms with Crippen molar-refractivity contribution in [3.8, 4) is 0 Å². The third kappa shape index (κ3) is 4.61. The summed E-state index contributed by atoms with van der Waals surface area (Å²) in [5, 5.41) is 10.3. The number of rotatable bonds is 7. The van der Waals surface area contributed by atoms with Crippen LogP contribution in [-0.4, -0.2) is 24.5 Å². The molecule has 1 heterocycles. The highest BCUT2D eigenvalue weighted by Crippen LogP contribution is 2.24. The van der Waals surface area contributed by atoms with Gasteiger partial charge in [-0.2, -0.15) is 0 Å². The second-order valence-electron chi connectivity index (χ2n) is 6.13. The molecule has 1 aromatic heterocycles. The monoisotopic (exact) mass is 416 g/mol. The molecule has 0 saturated carbocycles. The van der Waals surface area contributed by atoms with Gasteiger partial charge in [-0.25, -0.2) is 13.1 Å². The zero-order valence-corrected chi connectivity index (χ0v) is 17.0. The summed E-state index contributed by atoms with van der Waals surface area (Å²) in [6.45, 7) is 3.72.